The minimum atomic E-state index is 0.535. The van der Waals surface area contributed by atoms with Gasteiger partial charge in [0.05, 0.1) is 0 Å². The molecule has 0 amide bonds. The molecule has 0 aliphatic heterocycles. The fourth-order valence-electron chi connectivity index (χ4n) is 3.62. The number of fused-ring (bicyclic) bond motifs is 1. The Morgan fingerprint density at radius 3 is 2.38 bits per heavy atom. The molecule has 1 N–H and O–H groups in total. The van der Waals surface area contributed by atoms with Crippen molar-refractivity contribution in [1.82, 2.24) is 5.32 Å². The van der Waals surface area contributed by atoms with E-state index in [1.807, 2.05) is 12.1 Å². The van der Waals surface area contributed by atoms with Crippen molar-refractivity contribution >= 4 is 11.6 Å². The average Bonchev–Trinajstić information content (AvgIpc) is 2.76. The Labute approximate surface area is 102 Å². The number of halogens is 1. The summed E-state index contributed by atoms with van der Waals surface area (Å²) in [4.78, 5) is 0. The molecular weight excluding hydrogens is 218 g/mol. The SMILES string of the molecule is CNC(c1ccc(Cl)cc1)C1C2CCCC21. The highest BCUT2D eigenvalue weighted by Crippen LogP contribution is 2.62. The average molecular weight is 236 g/mol. The predicted molar refractivity (Wildman–Crippen MR) is 67.6 cm³/mol. The quantitative estimate of drug-likeness (QED) is 0.844. The van der Waals surface area contributed by atoms with Crippen molar-refractivity contribution in [3.05, 3.63) is 34.9 Å². The zero-order valence-electron chi connectivity index (χ0n) is 9.62. The summed E-state index contributed by atoms with van der Waals surface area (Å²) in [6, 6.07) is 8.86. The summed E-state index contributed by atoms with van der Waals surface area (Å²) in [5.74, 6) is 2.86. The third kappa shape index (κ3) is 1.66. The van der Waals surface area contributed by atoms with Gasteiger partial charge in [-0.25, -0.2) is 0 Å². The molecule has 1 nitrogen and oxygen atoms in total. The molecular formula is C14H18ClN. The first-order valence-electron chi connectivity index (χ1n) is 6.24. The standard InChI is InChI=1S/C14H18ClN/c1-16-14(9-5-7-10(15)8-6-9)13-11-3-2-4-12(11)13/h5-8,11-14,16H,2-4H2,1H3. The molecule has 0 saturated heterocycles. The highest BCUT2D eigenvalue weighted by Gasteiger charge is 2.55. The largest absolute Gasteiger partial charge is 0.313 e. The van der Waals surface area contributed by atoms with Gasteiger partial charge in [0, 0.05) is 11.1 Å². The van der Waals surface area contributed by atoms with E-state index in [0.29, 0.717) is 6.04 Å². The molecule has 1 aromatic carbocycles. The Morgan fingerprint density at radius 1 is 1.19 bits per heavy atom. The third-order valence-corrected chi connectivity index (χ3v) is 4.65. The van der Waals surface area contributed by atoms with Crippen LogP contribution in [0.2, 0.25) is 5.02 Å². The Bertz CT molecular complexity index is 363. The van der Waals surface area contributed by atoms with E-state index in [1.54, 1.807) is 0 Å². The lowest BCUT2D eigenvalue weighted by Crippen LogP contribution is -2.20. The van der Waals surface area contributed by atoms with E-state index < -0.39 is 0 Å². The van der Waals surface area contributed by atoms with Crippen LogP contribution < -0.4 is 5.32 Å². The Morgan fingerprint density at radius 2 is 1.81 bits per heavy atom. The minimum absolute atomic E-state index is 0.535. The molecule has 3 rings (SSSR count). The van der Waals surface area contributed by atoms with Crippen LogP contribution in [0.15, 0.2) is 24.3 Å². The summed E-state index contributed by atoms with van der Waals surface area (Å²) in [7, 11) is 2.08. The van der Waals surface area contributed by atoms with Gasteiger partial charge in [0.1, 0.15) is 0 Å². The van der Waals surface area contributed by atoms with E-state index >= 15 is 0 Å². The van der Waals surface area contributed by atoms with E-state index in [4.69, 9.17) is 11.6 Å². The zero-order valence-corrected chi connectivity index (χ0v) is 10.4. The van der Waals surface area contributed by atoms with Crippen LogP contribution in [0.5, 0.6) is 0 Å². The molecule has 16 heavy (non-hydrogen) atoms. The second-order valence-corrected chi connectivity index (χ2v) is 5.59. The molecule has 0 bridgehead atoms. The molecule has 0 heterocycles. The van der Waals surface area contributed by atoms with Crippen molar-refractivity contribution in [2.45, 2.75) is 25.3 Å². The summed E-state index contributed by atoms with van der Waals surface area (Å²) in [6.07, 6.45) is 4.34. The molecule has 0 radical (unpaired) electrons. The number of hydrogen-bond donors (Lipinski definition) is 1. The maximum Gasteiger partial charge on any atom is 0.0406 e. The van der Waals surface area contributed by atoms with Gasteiger partial charge in [-0.1, -0.05) is 30.2 Å². The van der Waals surface area contributed by atoms with Crippen molar-refractivity contribution in [2.24, 2.45) is 17.8 Å². The van der Waals surface area contributed by atoms with Gasteiger partial charge in [-0.05, 0) is 55.3 Å². The van der Waals surface area contributed by atoms with Crippen LogP contribution in [0.3, 0.4) is 0 Å². The van der Waals surface area contributed by atoms with Crippen molar-refractivity contribution in [3.8, 4) is 0 Å². The Balaban J connectivity index is 1.78. The van der Waals surface area contributed by atoms with Crippen LogP contribution in [-0.4, -0.2) is 7.05 Å². The molecule has 2 heteroatoms. The Hall–Kier alpha value is -0.530. The summed E-state index contributed by atoms with van der Waals surface area (Å²) < 4.78 is 0. The lowest BCUT2D eigenvalue weighted by atomic mass is 9.97. The lowest BCUT2D eigenvalue weighted by molar-refractivity contribution is 0.444. The van der Waals surface area contributed by atoms with Crippen molar-refractivity contribution < 1.29 is 0 Å². The van der Waals surface area contributed by atoms with E-state index in [1.165, 1.54) is 24.8 Å². The first-order chi connectivity index (χ1) is 7.81. The van der Waals surface area contributed by atoms with Crippen LogP contribution in [0.25, 0.3) is 0 Å². The monoisotopic (exact) mass is 235 g/mol. The van der Waals surface area contributed by atoms with E-state index in [0.717, 1.165) is 22.8 Å². The van der Waals surface area contributed by atoms with Gasteiger partial charge in [-0.3, -0.25) is 0 Å². The third-order valence-electron chi connectivity index (χ3n) is 4.40. The molecule has 2 fully saturated rings. The van der Waals surface area contributed by atoms with Gasteiger partial charge >= 0.3 is 0 Å². The summed E-state index contributed by atoms with van der Waals surface area (Å²) in [5.41, 5.74) is 1.39. The Kier molecular flexibility index (Phi) is 2.68. The van der Waals surface area contributed by atoms with Gasteiger partial charge < -0.3 is 5.32 Å². The molecule has 3 unspecified atom stereocenters. The fraction of sp³-hybridized carbons (Fsp3) is 0.571. The van der Waals surface area contributed by atoms with Crippen LogP contribution in [0.4, 0.5) is 0 Å². The van der Waals surface area contributed by atoms with Crippen LogP contribution in [0, 0.1) is 17.8 Å². The number of rotatable bonds is 3. The van der Waals surface area contributed by atoms with Crippen LogP contribution in [-0.2, 0) is 0 Å². The molecule has 2 saturated carbocycles. The molecule has 86 valence electrons. The van der Waals surface area contributed by atoms with E-state index in [9.17, 15) is 0 Å². The lowest BCUT2D eigenvalue weighted by Gasteiger charge is -2.18. The van der Waals surface area contributed by atoms with Crippen molar-refractivity contribution in [1.29, 1.82) is 0 Å². The molecule has 2 aliphatic rings. The molecule has 3 atom stereocenters. The second-order valence-electron chi connectivity index (χ2n) is 5.15. The van der Waals surface area contributed by atoms with Gasteiger partial charge in [0.15, 0.2) is 0 Å². The van der Waals surface area contributed by atoms with E-state index in [2.05, 4.69) is 24.5 Å². The van der Waals surface area contributed by atoms with Gasteiger partial charge in [-0.2, -0.15) is 0 Å². The highest BCUT2D eigenvalue weighted by molar-refractivity contribution is 6.30. The number of hydrogen-bond acceptors (Lipinski definition) is 1. The van der Waals surface area contributed by atoms with E-state index in [-0.39, 0.29) is 0 Å². The predicted octanol–water partition coefficient (Wildman–Crippen LogP) is 3.65. The van der Waals surface area contributed by atoms with Crippen LogP contribution >= 0.6 is 11.6 Å². The van der Waals surface area contributed by atoms with Gasteiger partial charge in [0.25, 0.3) is 0 Å². The smallest absolute Gasteiger partial charge is 0.0406 e. The molecule has 2 aliphatic carbocycles. The summed E-state index contributed by atoms with van der Waals surface area (Å²) in [5, 5.41) is 4.31. The van der Waals surface area contributed by atoms with Gasteiger partial charge in [-0.15, -0.1) is 0 Å². The molecule has 0 spiro atoms. The minimum Gasteiger partial charge on any atom is -0.313 e. The maximum atomic E-state index is 5.93. The van der Waals surface area contributed by atoms with Crippen molar-refractivity contribution in [2.75, 3.05) is 7.05 Å². The highest BCUT2D eigenvalue weighted by atomic mass is 35.5. The summed E-state index contributed by atoms with van der Waals surface area (Å²) >= 11 is 5.93. The fourth-order valence-corrected chi connectivity index (χ4v) is 3.75. The maximum absolute atomic E-state index is 5.93. The van der Waals surface area contributed by atoms with Crippen LogP contribution in [0.1, 0.15) is 30.9 Å². The second kappa shape index (κ2) is 4.05. The normalized spacial score (nSPS) is 33.5. The topological polar surface area (TPSA) is 12.0 Å². The number of benzene rings is 1. The summed E-state index contributed by atoms with van der Waals surface area (Å²) in [6.45, 7) is 0. The molecule has 0 aromatic heterocycles. The zero-order chi connectivity index (χ0) is 11.1. The molecule has 1 aromatic rings. The first kappa shape index (κ1) is 10.6. The number of nitrogens with one attached hydrogen (secondary N) is 1. The first-order valence-corrected chi connectivity index (χ1v) is 6.62. The van der Waals surface area contributed by atoms with Crippen molar-refractivity contribution in [3.63, 3.8) is 0 Å². The van der Waals surface area contributed by atoms with Gasteiger partial charge in [0.2, 0.25) is 0 Å².